The number of nitrogens with one attached hydrogen (secondary N) is 2. The third-order valence-electron chi connectivity index (χ3n) is 4.28. The summed E-state index contributed by atoms with van der Waals surface area (Å²) in [5.41, 5.74) is 6.57. The van der Waals surface area contributed by atoms with Crippen molar-refractivity contribution in [1.82, 2.24) is 14.9 Å². The zero-order chi connectivity index (χ0) is 21.5. The molecule has 2 amide bonds. The van der Waals surface area contributed by atoms with E-state index in [0.717, 1.165) is 0 Å². The summed E-state index contributed by atoms with van der Waals surface area (Å²) in [6, 6.07) is 14.1. The van der Waals surface area contributed by atoms with Gasteiger partial charge in [-0.05, 0) is 42.5 Å². The second kappa shape index (κ2) is 9.82. The smallest absolute Gasteiger partial charge is 0.255 e. The van der Waals surface area contributed by atoms with Gasteiger partial charge in [-0.2, -0.15) is 0 Å². The topological polar surface area (TPSA) is 119 Å². The minimum atomic E-state index is -0.554. The average Bonchev–Trinajstić information content (AvgIpc) is 2.75. The van der Waals surface area contributed by atoms with Crippen molar-refractivity contribution in [2.75, 3.05) is 11.9 Å². The zero-order valence-corrected chi connectivity index (χ0v) is 16.7. The molecule has 1 atom stereocenters. The van der Waals surface area contributed by atoms with Gasteiger partial charge in [0.1, 0.15) is 5.82 Å². The number of hydrogen-bond acceptors (Lipinski definition) is 5. The molecular formula is C21H20ClN5O3. The summed E-state index contributed by atoms with van der Waals surface area (Å²) in [5, 5.41) is 5.84. The molecule has 0 radical (unpaired) electrons. The SMILES string of the molecule is NCC(CC(=O)Nc1ccc(Cl)cn1)NC(=O)c1ccc(-n2ccccc2=O)cc1. The lowest BCUT2D eigenvalue weighted by Gasteiger charge is -2.17. The van der Waals surface area contributed by atoms with E-state index in [2.05, 4.69) is 15.6 Å². The van der Waals surface area contributed by atoms with Gasteiger partial charge < -0.3 is 16.4 Å². The number of benzene rings is 1. The van der Waals surface area contributed by atoms with Crippen molar-refractivity contribution in [3.05, 3.63) is 87.9 Å². The second-order valence-electron chi connectivity index (χ2n) is 6.48. The monoisotopic (exact) mass is 425 g/mol. The molecule has 4 N–H and O–H groups in total. The first-order chi connectivity index (χ1) is 14.5. The third kappa shape index (κ3) is 5.53. The molecule has 30 heavy (non-hydrogen) atoms. The minimum Gasteiger partial charge on any atom is -0.348 e. The van der Waals surface area contributed by atoms with Crippen molar-refractivity contribution < 1.29 is 9.59 Å². The molecule has 2 heterocycles. The molecule has 0 saturated carbocycles. The van der Waals surface area contributed by atoms with Crippen LogP contribution >= 0.6 is 11.6 Å². The van der Waals surface area contributed by atoms with E-state index in [1.165, 1.54) is 16.8 Å². The summed E-state index contributed by atoms with van der Waals surface area (Å²) >= 11 is 5.77. The standard InChI is InChI=1S/C21H20ClN5O3/c22-15-6-9-18(24-13-15)26-19(28)11-16(12-23)25-21(30)14-4-7-17(8-5-14)27-10-2-1-3-20(27)29/h1-10,13,16H,11-12,23H2,(H,25,30)(H,24,26,28). The molecule has 0 aliphatic heterocycles. The van der Waals surface area contributed by atoms with E-state index in [9.17, 15) is 14.4 Å². The number of nitrogens with two attached hydrogens (primary N) is 1. The summed E-state index contributed by atoms with van der Waals surface area (Å²) in [5.74, 6) is -0.340. The molecule has 0 aliphatic carbocycles. The number of anilines is 1. The van der Waals surface area contributed by atoms with Crippen LogP contribution in [0, 0.1) is 0 Å². The van der Waals surface area contributed by atoms with Crippen LogP contribution < -0.4 is 21.9 Å². The Morgan fingerprint density at radius 3 is 2.50 bits per heavy atom. The number of pyridine rings is 2. The first kappa shape index (κ1) is 21.2. The summed E-state index contributed by atoms with van der Waals surface area (Å²) in [4.78, 5) is 40.6. The molecule has 0 spiro atoms. The van der Waals surface area contributed by atoms with Gasteiger partial charge in [-0.25, -0.2) is 4.98 Å². The van der Waals surface area contributed by atoms with Crippen LogP contribution in [0.5, 0.6) is 0 Å². The van der Waals surface area contributed by atoms with Crippen LogP contribution in [-0.2, 0) is 4.79 Å². The van der Waals surface area contributed by atoms with Gasteiger partial charge in [-0.3, -0.25) is 19.0 Å². The minimum absolute atomic E-state index is 0.00988. The van der Waals surface area contributed by atoms with Crippen LogP contribution in [-0.4, -0.2) is 34.0 Å². The number of carbonyl (C=O) groups excluding carboxylic acids is 2. The van der Waals surface area contributed by atoms with Crippen molar-refractivity contribution in [3.63, 3.8) is 0 Å². The van der Waals surface area contributed by atoms with Crippen molar-refractivity contribution >= 4 is 29.2 Å². The maximum Gasteiger partial charge on any atom is 0.255 e. The van der Waals surface area contributed by atoms with E-state index in [1.54, 1.807) is 54.7 Å². The van der Waals surface area contributed by atoms with Crippen LogP contribution in [0.15, 0.2) is 71.8 Å². The maximum atomic E-state index is 12.5. The van der Waals surface area contributed by atoms with Gasteiger partial charge in [-0.15, -0.1) is 0 Å². The predicted molar refractivity (Wildman–Crippen MR) is 115 cm³/mol. The van der Waals surface area contributed by atoms with Gasteiger partial charge in [0.05, 0.1) is 11.1 Å². The van der Waals surface area contributed by atoms with Gasteiger partial charge in [-0.1, -0.05) is 17.7 Å². The molecule has 8 nitrogen and oxygen atoms in total. The molecule has 1 unspecified atom stereocenters. The maximum absolute atomic E-state index is 12.5. The Balaban J connectivity index is 1.60. The average molecular weight is 426 g/mol. The van der Waals surface area contributed by atoms with Crippen LogP contribution in [0.3, 0.4) is 0 Å². The van der Waals surface area contributed by atoms with Crippen LogP contribution in [0.4, 0.5) is 5.82 Å². The highest BCUT2D eigenvalue weighted by Gasteiger charge is 2.17. The Morgan fingerprint density at radius 2 is 1.87 bits per heavy atom. The Labute approximate surface area is 177 Å². The van der Waals surface area contributed by atoms with E-state index in [4.69, 9.17) is 17.3 Å². The molecule has 3 rings (SSSR count). The fourth-order valence-electron chi connectivity index (χ4n) is 2.74. The lowest BCUT2D eigenvalue weighted by atomic mass is 10.1. The van der Waals surface area contributed by atoms with Crippen molar-refractivity contribution in [3.8, 4) is 5.69 Å². The van der Waals surface area contributed by atoms with Gasteiger partial charge in [0.15, 0.2) is 0 Å². The molecule has 0 aliphatic rings. The van der Waals surface area contributed by atoms with E-state index in [-0.39, 0.29) is 30.3 Å². The lowest BCUT2D eigenvalue weighted by molar-refractivity contribution is -0.116. The Kier molecular flexibility index (Phi) is 6.95. The molecule has 0 bridgehead atoms. The fraction of sp³-hybridized carbons (Fsp3) is 0.143. The number of amides is 2. The molecule has 2 aromatic heterocycles. The normalized spacial score (nSPS) is 11.5. The van der Waals surface area contributed by atoms with Crippen LogP contribution in [0.2, 0.25) is 5.02 Å². The highest BCUT2D eigenvalue weighted by Crippen LogP contribution is 2.11. The van der Waals surface area contributed by atoms with Crippen LogP contribution in [0.1, 0.15) is 16.8 Å². The summed E-state index contributed by atoms with van der Waals surface area (Å²) in [6.45, 7) is 0.0880. The van der Waals surface area contributed by atoms with Gasteiger partial charge in [0.2, 0.25) is 5.91 Å². The van der Waals surface area contributed by atoms with E-state index >= 15 is 0 Å². The number of nitrogens with zero attached hydrogens (tertiary/aromatic N) is 2. The third-order valence-corrected chi connectivity index (χ3v) is 4.50. The molecule has 154 valence electrons. The van der Waals surface area contributed by atoms with E-state index in [1.807, 2.05) is 0 Å². The molecule has 0 saturated heterocycles. The number of aromatic nitrogens is 2. The summed E-state index contributed by atoms with van der Waals surface area (Å²) in [6.07, 6.45) is 3.06. The molecular weight excluding hydrogens is 406 g/mol. The van der Waals surface area contributed by atoms with Crippen molar-refractivity contribution in [2.45, 2.75) is 12.5 Å². The predicted octanol–water partition coefficient (Wildman–Crippen LogP) is 1.97. The fourth-order valence-corrected chi connectivity index (χ4v) is 2.86. The first-order valence-corrected chi connectivity index (χ1v) is 9.54. The molecule has 3 aromatic rings. The summed E-state index contributed by atoms with van der Waals surface area (Å²) < 4.78 is 1.47. The molecule has 9 heteroatoms. The zero-order valence-electron chi connectivity index (χ0n) is 15.9. The quantitative estimate of drug-likeness (QED) is 0.534. The molecule has 0 fully saturated rings. The summed E-state index contributed by atoms with van der Waals surface area (Å²) in [7, 11) is 0. The Morgan fingerprint density at radius 1 is 1.10 bits per heavy atom. The van der Waals surface area contributed by atoms with Crippen molar-refractivity contribution in [2.24, 2.45) is 5.73 Å². The Bertz CT molecular complexity index is 1080. The number of rotatable bonds is 7. The first-order valence-electron chi connectivity index (χ1n) is 9.16. The second-order valence-corrected chi connectivity index (χ2v) is 6.91. The number of hydrogen-bond donors (Lipinski definition) is 3. The van der Waals surface area contributed by atoms with Gasteiger partial charge in [0, 0.05) is 42.7 Å². The number of halogens is 1. The van der Waals surface area contributed by atoms with Gasteiger partial charge in [0.25, 0.3) is 11.5 Å². The highest BCUT2D eigenvalue weighted by atomic mass is 35.5. The van der Waals surface area contributed by atoms with Gasteiger partial charge >= 0.3 is 0 Å². The Hall–Kier alpha value is -3.49. The van der Waals surface area contributed by atoms with E-state index < -0.39 is 6.04 Å². The van der Waals surface area contributed by atoms with E-state index in [0.29, 0.717) is 22.1 Å². The highest BCUT2D eigenvalue weighted by molar-refractivity contribution is 6.30. The largest absolute Gasteiger partial charge is 0.348 e. The lowest BCUT2D eigenvalue weighted by Crippen LogP contribution is -2.42. The van der Waals surface area contributed by atoms with Crippen LogP contribution in [0.25, 0.3) is 5.69 Å². The molecule has 1 aromatic carbocycles. The number of carbonyl (C=O) groups is 2. The van der Waals surface area contributed by atoms with Crippen molar-refractivity contribution in [1.29, 1.82) is 0 Å².